The Kier molecular flexibility index (Phi) is 3.85. The van der Waals surface area contributed by atoms with E-state index in [1.165, 1.54) is 53.4 Å². The van der Waals surface area contributed by atoms with Crippen LogP contribution in [0.4, 0.5) is 0 Å². The standard InChI is InChI=1S/C26H20OS/c1-4-18-20(22(27)5-2)12-11-17-14-15(3)25-24(23(17)18)21-13-10-16-8-6-7-9-19(16)26(21)28-25/h5-14H,2,4H2,1,3H3. The zero-order valence-electron chi connectivity index (χ0n) is 16.0. The number of hydrogen-bond acceptors (Lipinski definition) is 2. The molecule has 0 fully saturated rings. The van der Waals surface area contributed by atoms with Crippen LogP contribution < -0.4 is 0 Å². The fraction of sp³-hybridized carbons (Fsp3) is 0.115. The van der Waals surface area contributed by atoms with E-state index >= 15 is 0 Å². The molecule has 4 aromatic carbocycles. The Morgan fingerprint density at radius 3 is 2.54 bits per heavy atom. The molecule has 0 saturated heterocycles. The van der Waals surface area contributed by atoms with Crippen LogP contribution in [0.1, 0.15) is 28.4 Å². The summed E-state index contributed by atoms with van der Waals surface area (Å²) in [5.41, 5.74) is 3.19. The van der Waals surface area contributed by atoms with Crippen LogP contribution in [0.2, 0.25) is 0 Å². The first-order valence-corrected chi connectivity index (χ1v) is 10.4. The van der Waals surface area contributed by atoms with Gasteiger partial charge in [0.05, 0.1) is 0 Å². The molecule has 136 valence electrons. The van der Waals surface area contributed by atoms with Crippen molar-refractivity contribution in [3.8, 4) is 0 Å². The van der Waals surface area contributed by atoms with Crippen molar-refractivity contribution in [3.63, 3.8) is 0 Å². The van der Waals surface area contributed by atoms with Gasteiger partial charge < -0.3 is 0 Å². The summed E-state index contributed by atoms with van der Waals surface area (Å²) in [5, 5.41) is 7.56. The molecule has 0 atom stereocenters. The number of carbonyl (C=O) groups is 1. The summed E-state index contributed by atoms with van der Waals surface area (Å²) < 4.78 is 2.64. The highest BCUT2D eigenvalue weighted by molar-refractivity contribution is 7.27. The maximum absolute atomic E-state index is 12.5. The predicted molar refractivity (Wildman–Crippen MR) is 123 cm³/mol. The molecule has 0 amide bonds. The Morgan fingerprint density at radius 2 is 1.75 bits per heavy atom. The third kappa shape index (κ3) is 2.28. The van der Waals surface area contributed by atoms with Crippen LogP contribution in [0.15, 0.2) is 67.3 Å². The number of fused-ring (bicyclic) bond motifs is 7. The highest BCUT2D eigenvalue weighted by Gasteiger charge is 2.18. The van der Waals surface area contributed by atoms with Crippen molar-refractivity contribution in [3.05, 3.63) is 83.9 Å². The normalized spacial score (nSPS) is 11.6. The minimum Gasteiger partial charge on any atom is -0.289 e. The van der Waals surface area contributed by atoms with E-state index < -0.39 is 0 Å². The molecule has 1 nitrogen and oxygen atoms in total. The minimum absolute atomic E-state index is 0.00235. The summed E-state index contributed by atoms with van der Waals surface area (Å²) in [7, 11) is 0. The molecule has 0 saturated carbocycles. The summed E-state index contributed by atoms with van der Waals surface area (Å²) in [4.78, 5) is 12.5. The topological polar surface area (TPSA) is 17.1 Å². The maximum atomic E-state index is 12.5. The Bertz CT molecular complexity index is 1440. The summed E-state index contributed by atoms with van der Waals surface area (Å²) in [6.07, 6.45) is 2.24. The molecule has 0 aliphatic carbocycles. The van der Waals surface area contributed by atoms with E-state index in [1.807, 2.05) is 17.4 Å². The van der Waals surface area contributed by atoms with E-state index in [4.69, 9.17) is 0 Å². The van der Waals surface area contributed by atoms with Gasteiger partial charge in [0.2, 0.25) is 0 Å². The molecule has 5 aromatic rings. The number of benzene rings is 4. The van der Waals surface area contributed by atoms with E-state index in [2.05, 4.69) is 69.0 Å². The van der Waals surface area contributed by atoms with E-state index in [0.717, 1.165) is 17.5 Å². The molecule has 0 spiro atoms. The number of thiophene rings is 1. The smallest absolute Gasteiger partial charge is 0.185 e. The quantitative estimate of drug-likeness (QED) is 0.233. The molecule has 5 rings (SSSR count). The van der Waals surface area contributed by atoms with E-state index in [-0.39, 0.29) is 5.78 Å². The van der Waals surface area contributed by atoms with E-state index in [9.17, 15) is 4.79 Å². The number of allylic oxidation sites excluding steroid dienone is 1. The van der Waals surface area contributed by atoms with Gasteiger partial charge in [0.25, 0.3) is 0 Å². The zero-order chi connectivity index (χ0) is 19.4. The Hall–Kier alpha value is -2.97. The lowest BCUT2D eigenvalue weighted by Gasteiger charge is -2.12. The fourth-order valence-corrected chi connectivity index (χ4v) is 5.75. The second kappa shape index (κ2) is 6.29. The molecular formula is C26H20OS. The van der Waals surface area contributed by atoms with Gasteiger partial charge in [-0.1, -0.05) is 62.0 Å². The average Bonchev–Trinajstić information content (AvgIpc) is 3.13. The predicted octanol–water partition coefficient (Wildman–Crippen LogP) is 7.60. The monoisotopic (exact) mass is 380 g/mol. The van der Waals surface area contributed by atoms with Crippen molar-refractivity contribution in [2.24, 2.45) is 0 Å². The van der Waals surface area contributed by atoms with Crippen molar-refractivity contribution in [1.29, 1.82) is 0 Å². The van der Waals surface area contributed by atoms with Gasteiger partial charge in [-0.05, 0) is 58.2 Å². The fourth-order valence-electron chi connectivity index (χ4n) is 4.44. The third-order valence-electron chi connectivity index (χ3n) is 5.71. The van der Waals surface area contributed by atoms with Crippen LogP contribution in [-0.4, -0.2) is 5.78 Å². The second-order valence-electron chi connectivity index (χ2n) is 7.27. The summed E-state index contributed by atoms with van der Waals surface area (Å²) in [6.45, 7) is 8.01. The number of ketones is 1. The molecule has 0 bridgehead atoms. The first-order valence-electron chi connectivity index (χ1n) is 9.60. The number of rotatable bonds is 3. The molecule has 1 aromatic heterocycles. The van der Waals surface area contributed by atoms with Crippen molar-refractivity contribution in [2.75, 3.05) is 0 Å². The lowest BCUT2D eigenvalue weighted by molar-refractivity contribution is 0.104. The molecule has 0 aliphatic rings. The van der Waals surface area contributed by atoms with Crippen LogP contribution >= 0.6 is 11.3 Å². The lowest BCUT2D eigenvalue weighted by Crippen LogP contribution is -2.01. The third-order valence-corrected chi connectivity index (χ3v) is 7.08. The van der Waals surface area contributed by atoms with Crippen molar-refractivity contribution in [1.82, 2.24) is 0 Å². The van der Waals surface area contributed by atoms with Gasteiger partial charge in [-0.25, -0.2) is 0 Å². The van der Waals surface area contributed by atoms with Crippen LogP contribution in [0, 0.1) is 6.92 Å². The number of carbonyl (C=O) groups excluding carboxylic acids is 1. The minimum atomic E-state index is -0.00235. The Morgan fingerprint density at radius 1 is 0.964 bits per heavy atom. The SMILES string of the molecule is C=CC(=O)c1ccc2cc(C)c3sc4c5ccccc5ccc4c3c2c1CC. The van der Waals surface area contributed by atoms with Crippen LogP contribution in [-0.2, 0) is 6.42 Å². The van der Waals surface area contributed by atoms with Gasteiger partial charge in [0.15, 0.2) is 5.78 Å². The second-order valence-corrected chi connectivity index (χ2v) is 8.30. The molecule has 0 aliphatic heterocycles. The van der Waals surface area contributed by atoms with Crippen molar-refractivity contribution >= 4 is 58.8 Å². The van der Waals surface area contributed by atoms with Gasteiger partial charge in [-0.15, -0.1) is 11.3 Å². The molecule has 28 heavy (non-hydrogen) atoms. The van der Waals surface area contributed by atoms with Gasteiger partial charge in [0, 0.05) is 25.7 Å². The number of hydrogen-bond donors (Lipinski definition) is 0. The maximum Gasteiger partial charge on any atom is 0.185 e. The largest absolute Gasteiger partial charge is 0.289 e. The Labute approximate surface area is 167 Å². The van der Waals surface area contributed by atoms with E-state index in [1.54, 1.807) is 0 Å². The molecule has 0 radical (unpaired) electrons. The van der Waals surface area contributed by atoms with Crippen LogP contribution in [0.25, 0.3) is 41.7 Å². The average molecular weight is 381 g/mol. The van der Waals surface area contributed by atoms with E-state index in [0.29, 0.717) is 0 Å². The first-order chi connectivity index (χ1) is 13.6. The van der Waals surface area contributed by atoms with Crippen LogP contribution in [0.3, 0.4) is 0 Å². The first kappa shape index (κ1) is 17.2. The molecular weight excluding hydrogens is 360 g/mol. The van der Waals surface area contributed by atoms with Crippen molar-refractivity contribution in [2.45, 2.75) is 20.3 Å². The van der Waals surface area contributed by atoms with Gasteiger partial charge in [-0.2, -0.15) is 0 Å². The van der Waals surface area contributed by atoms with Crippen LogP contribution in [0.5, 0.6) is 0 Å². The summed E-state index contributed by atoms with van der Waals surface area (Å²) in [5.74, 6) is -0.00235. The van der Waals surface area contributed by atoms with Gasteiger partial charge in [0.1, 0.15) is 0 Å². The van der Waals surface area contributed by atoms with Crippen molar-refractivity contribution < 1.29 is 4.79 Å². The number of aryl methyl sites for hydroxylation is 2. The molecule has 1 heterocycles. The summed E-state index contributed by atoms with van der Waals surface area (Å²) in [6, 6.07) is 19.3. The zero-order valence-corrected chi connectivity index (χ0v) is 16.8. The molecule has 0 unspecified atom stereocenters. The highest BCUT2D eigenvalue weighted by Crippen LogP contribution is 2.44. The van der Waals surface area contributed by atoms with Gasteiger partial charge in [-0.3, -0.25) is 4.79 Å². The molecule has 0 N–H and O–H groups in total. The van der Waals surface area contributed by atoms with Gasteiger partial charge >= 0.3 is 0 Å². The summed E-state index contributed by atoms with van der Waals surface area (Å²) >= 11 is 1.87. The highest BCUT2D eigenvalue weighted by atomic mass is 32.1. The Balaban J connectivity index is 2.07. The lowest BCUT2D eigenvalue weighted by atomic mass is 9.90. The molecule has 2 heteroatoms.